The number of nitrogens with zero attached hydrogens (tertiary/aromatic N) is 2. The van der Waals surface area contributed by atoms with Crippen LogP contribution in [0.25, 0.3) is 5.69 Å². The molecule has 21 heavy (non-hydrogen) atoms. The van der Waals surface area contributed by atoms with Crippen molar-refractivity contribution >= 4 is 0 Å². The number of fused-ring (bicyclic) bond motifs is 1. The summed E-state index contributed by atoms with van der Waals surface area (Å²) in [6, 6.07) is 5.96. The summed E-state index contributed by atoms with van der Waals surface area (Å²) in [4.78, 5) is 4.30. The molecule has 2 N–H and O–H groups in total. The molecule has 5 nitrogen and oxygen atoms in total. The molecule has 1 atom stereocenters. The van der Waals surface area contributed by atoms with Crippen LogP contribution in [0.4, 0.5) is 0 Å². The molecule has 1 aliphatic heterocycles. The van der Waals surface area contributed by atoms with E-state index in [4.69, 9.17) is 15.2 Å². The van der Waals surface area contributed by atoms with Gasteiger partial charge in [0.05, 0.1) is 12.0 Å². The minimum atomic E-state index is 0.278. The van der Waals surface area contributed by atoms with E-state index in [0.29, 0.717) is 25.7 Å². The van der Waals surface area contributed by atoms with Gasteiger partial charge in [-0.1, -0.05) is 13.8 Å². The van der Waals surface area contributed by atoms with Gasteiger partial charge in [0.15, 0.2) is 11.5 Å². The van der Waals surface area contributed by atoms with Crippen molar-refractivity contribution in [3.05, 3.63) is 36.4 Å². The van der Waals surface area contributed by atoms with E-state index in [-0.39, 0.29) is 5.92 Å². The summed E-state index contributed by atoms with van der Waals surface area (Å²) in [5.41, 5.74) is 8.09. The molecule has 0 amide bonds. The largest absolute Gasteiger partial charge is 0.486 e. The van der Waals surface area contributed by atoms with Crippen LogP contribution in [0.2, 0.25) is 0 Å². The number of hydrogen-bond acceptors (Lipinski definition) is 4. The van der Waals surface area contributed by atoms with Crippen LogP contribution in [0.1, 0.15) is 25.5 Å². The van der Waals surface area contributed by atoms with Crippen molar-refractivity contribution in [2.75, 3.05) is 19.8 Å². The Morgan fingerprint density at radius 2 is 2.00 bits per heavy atom. The molecule has 1 aromatic carbocycles. The third kappa shape index (κ3) is 2.61. The number of benzene rings is 1. The van der Waals surface area contributed by atoms with Crippen LogP contribution in [0.3, 0.4) is 0 Å². The molecule has 0 fully saturated rings. The van der Waals surface area contributed by atoms with Gasteiger partial charge in [-0.25, -0.2) is 4.98 Å². The molecule has 3 rings (SSSR count). The van der Waals surface area contributed by atoms with E-state index >= 15 is 0 Å². The standard InChI is InChI=1S/C16H21N3O2/c1-11(2)13(8-17)14-9-18-10-19(14)12-3-4-15-16(7-12)21-6-5-20-15/h3-4,7,9-11,13H,5-6,8,17H2,1-2H3. The maximum atomic E-state index is 5.94. The maximum absolute atomic E-state index is 5.94. The smallest absolute Gasteiger partial charge is 0.163 e. The molecule has 112 valence electrons. The average molecular weight is 287 g/mol. The predicted octanol–water partition coefficient (Wildman–Crippen LogP) is 2.34. The van der Waals surface area contributed by atoms with Crippen molar-refractivity contribution in [3.8, 4) is 17.2 Å². The van der Waals surface area contributed by atoms with Crippen LogP contribution in [0.15, 0.2) is 30.7 Å². The Bertz CT molecular complexity index is 622. The molecule has 2 heterocycles. The monoisotopic (exact) mass is 287 g/mol. The molecular weight excluding hydrogens is 266 g/mol. The highest BCUT2D eigenvalue weighted by atomic mass is 16.6. The van der Waals surface area contributed by atoms with Gasteiger partial charge in [0.25, 0.3) is 0 Å². The van der Waals surface area contributed by atoms with Gasteiger partial charge < -0.3 is 19.8 Å². The normalized spacial score (nSPS) is 15.2. The Labute approximate surface area is 124 Å². The Morgan fingerprint density at radius 1 is 1.24 bits per heavy atom. The minimum Gasteiger partial charge on any atom is -0.486 e. The highest BCUT2D eigenvalue weighted by Crippen LogP contribution is 2.33. The Kier molecular flexibility index (Phi) is 3.84. The number of imidazole rings is 1. The van der Waals surface area contributed by atoms with E-state index in [1.54, 1.807) is 0 Å². The molecule has 1 unspecified atom stereocenters. The zero-order valence-corrected chi connectivity index (χ0v) is 12.5. The zero-order chi connectivity index (χ0) is 14.8. The number of rotatable bonds is 4. The topological polar surface area (TPSA) is 62.3 Å². The second kappa shape index (κ2) is 5.77. The first-order valence-corrected chi connectivity index (χ1v) is 7.33. The second-order valence-corrected chi connectivity index (χ2v) is 5.60. The lowest BCUT2D eigenvalue weighted by molar-refractivity contribution is 0.171. The number of aromatic nitrogens is 2. The first-order valence-electron chi connectivity index (χ1n) is 7.33. The molecule has 0 saturated carbocycles. The molecule has 2 aromatic rings. The van der Waals surface area contributed by atoms with Gasteiger partial charge >= 0.3 is 0 Å². The number of hydrogen-bond donors (Lipinski definition) is 1. The van der Waals surface area contributed by atoms with Crippen LogP contribution in [-0.2, 0) is 0 Å². The summed E-state index contributed by atoms with van der Waals surface area (Å²) in [6.45, 7) is 6.15. The highest BCUT2D eigenvalue weighted by Gasteiger charge is 2.20. The molecule has 0 spiro atoms. The van der Waals surface area contributed by atoms with E-state index in [1.807, 2.05) is 30.7 Å². The zero-order valence-electron chi connectivity index (χ0n) is 12.5. The molecule has 0 bridgehead atoms. The van der Waals surface area contributed by atoms with Gasteiger partial charge in [-0.05, 0) is 18.1 Å². The summed E-state index contributed by atoms with van der Waals surface area (Å²) in [7, 11) is 0. The quantitative estimate of drug-likeness (QED) is 0.937. The van der Waals surface area contributed by atoms with Crippen LogP contribution in [-0.4, -0.2) is 29.3 Å². The van der Waals surface area contributed by atoms with Crippen molar-refractivity contribution in [1.82, 2.24) is 9.55 Å². The fourth-order valence-electron chi connectivity index (χ4n) is 2.71. The van der Waals surface area contributed by atoms with E-state index in [2.05, 4.69) is 23.4 Å². The first kappa shape index (κ1) is 13.9. The van der Waals surface area contributed by atoms with E-state index in [1.165, 1.54) is 0 Å². The maximum Gasteiger partial charge on any atom is 0.163 e. The first-order chi connectivity index (χ1) is 10.2. The fourth-order valence-corrected chi connectivity index (χ4v) is 2.71. The van der Waals surface area contributed by atoms with Gasteiger partial charge in [0.2, 0.25) is 0 Å². The second-order valence-electron chi connectivity index (χ2n) is 5.60. The Morgan fingerprint density at radius 3 is 2.71 bits per heavy atom. The van der Waals surface area contributed by atoms with E-state index < -0.39 is 0 Å². The van der Waals surface area contributed by atoms with Crippen molar-refractivity contribution in [2.45, 2.75) is 19.8 Å². The summed E-state index contributed by atoms with van der Waals surface area (Å²) < 4.78 is 13.3. The average Bonchev–Trinajstić information content (AvgIpc) is 2.96. The highest BCUT2D eigenvalue weighted by molar-refractivity contribution is 5.50. The number of ether oxygens (including phenoxy) is 2. The lowest BCUT2D eigenvalue weighted by Gasteiger charge is -2.22. The molecule has 1 aliphatic rings. The van der Waals surface area contributed by atoms with Crippen LogP contribution < -0.4 is 15.2 Å². The van der Waals surface area contributed by atoms with Crippen LogP contribution in [0, 0.1) is 5.92 Å². The summed E-state index contributed by atoms with van der Waals surface area (Å²) in [5, 5.41) is 0. The van der Waals surface area contributed by atoms with Gasteiger partial charge in [-0.2, -0.15) is 0 Å². The van der Waals surface area contributed by atoms with Gasteiger partial charge in [0.1, 0.15) is 13.2 Å². The predicted molar refractivity (Wildman–Crippen MR) is 81.2 cm³/mol. The van der Waals surface area contributed by atoms with Crippen molar-refractivity contribution in [2.24, 2.45) is 11.7 Å². The summed E-state index contributed by atoms with van der Waals surface area (Å²) in [5.74, 6) is 2.32. The Hall–Kier alpha value is -2.01. The molecule has 0 aliphatic carbocycles. The van der Waals surface area contributed by atoms with Crippen molar-refractivity contribution in [3.63, 3.8) is 0 Å². The van der Waals surface area contributed by atoms with E-state index in [0.717, 1.165) is 22.9 Å². The Balaban J connectivity index is 1.99. The van der Waals surface area contributed by atoms with Crippen molar-refractivity contribution < 1.29 is 9.47 Å². The molecule has 5 heteroatoms. The van der Waals surface area contributed by atoms with Gasteiger partial charge in [-0.15, -0.1) is 0 Å². The van der Waals surface area contributed by atoms with E-state index in [9.17, 15) is 0 Å². The third-order valence-corrected chi connectivity index (χ3v) is 3.91. The molecule has 0 radical (unpaired) electrons. The number of nitrogens with two attached hydrogens (primary N) is 1. The SMILES string of the molecule is CC(C)C(CN)c1cncn1-c1ccc2c(c1)OCCO2. The van der Waals surface area contributed by atoms with Crippen molar-refractivity contribution in [1.29, 1.82) is 0 Å². The fraction of sp³-hybridized carbons (Fsp3) is 0.438. The molecule has 1 aromatic heterocycles. The third-order valence-electron chi connectivity index (χ3n) is 3.91. The molecular formula is C16H21N3O2. The van der Waals surface area contributed by atoms with Crippen LogP contribution in [0.5, 0.6) is 11.5 Å². The molecule has 0 saturated heterocycles. The van der Waals surface area contributed by atoms with Gasteiger partial charge in [0, 0.05) is 30.4 Å². The summed E-state index contributed by atoms with van der Waals surface area (Å²) >= 11 is 0. The summed E-state index contributed by atoms with van der Waals surface area (Å²) in [6.07, 6.45) is 3.72. The van der Waals surface area contributed by atoms with Gasteiger partial charge in [-0.3, -0.25) is 0 Å². The minimum absolute atomic E-state index is 0.278. The lowest BCUT2D eigenvalue weighted by atomic mass is 9.93. The van der Waals surface area contributed by atoms with Crippen LogP contribution >= 0.6 is 0 Å². The lowest BCUT2D eigenvalue weighted by Crippen LogP contribution is -2.20.